The zero-order chi connectivity index (χ0) is 19.5. The van der Waals surface area contributed by atoms with Crippen molar-refractivity contribution in [2.75, 3.05) is 19.8 Å². The average molecular weight is 383 g/mol. The van der Waals surface area contributed by atoms with Crippen LogP contribution < -0.4 is 0 Å². The van der Waals surface area contributed by atoms with E-state index in [1.165, 1.54) is 0 Å². The van der Waals surface area contributed by atoms with Gasteiger partial charge in [-0.25, -0.2) is 4.98 Å². The lowest BCUT2D eigenvalue weighted by Crippen LogP contribution is -2.29. The fraction of sp³-hybridized carbons (Fsp3) is 0.400. The molecule has 0 radical (unpaired) electrons. The minimum absolute atomic E-state index is 0.0369. The highest BCUT2D eigenvalue weighted by atomic mass is 16.5. The second-order valence-corrected chi connectivity index (χ2v) is 6.61. The number of hydrogen-bond acceptors (Lipinski definition) is 7. The van der Waals surface area contributed by atoms with Crippen LogP contribution in [-0.2, 0) is 23.8 Å². The van der Waals surface area contributed by atoms with E-state index in [-0.39, 0.29) is 24.3 Å². The third kappa shape index (κ3) is 3.55. The van der Waals surface area contributed by atoms with Crippen molar-refractivity contribution in [1.29, 1.82) is 0 Å². The molecule has 2 aliphatic rings. The number of ether oxygens (including phenoxy) is 3. The van der Waals surface area contributed by atoms with Crippen molar-refractivity contribution >= 4 is 34.8 Å². The number of aromatic amines is 1. The highest BCUT2D eigenvalue weighted by molar-refractivity contribution is 6.27. The van der Waals surface area contributed by atoms with Crippen molar-refractivity contribution in [2.24, 2.45) is 10.9 Å². The van der Waals surface area contributed by atoms with Gasteiger partial charge < -0.3 is 19.2 Å². The van der Waals surface area contributed by atoms with Crippen LogP contribution in [0, 0.1) is 5.92 Å². The Morgan fingerprint density at radius 1 is 1.43 bits per heavy atom. The van der Waals surface area contributed by atoms with Crippen molar-refractivity contribution in [3.05, 3.63) is 35.8 Å². The number of fused-ring (bicyclic) bond motifs is 1. The second kappa shape index (κ2) is 7.93. The number of ketones is 1. The lowest BCUT2D eigenvalue weighted by Gasteiger charge is -2.19. The monoisotopic (exact) mass is 383 g/mol. The van der Waals surface area contributed by atoms with Crippen LogP contribution in [0.4, 0.5) is 0 Å². The van der Waals surface area contributed by atoms with Crippen LogP contribution >= 0.6 is 0 Å². The van der Waals surface area contributed by atoms with Crippen molar-refractivity contribution < 1.29 is 23.8 Å². The number of esters is 1. The number of carbonyl (C=O) groups excluding carboxylic acids is 2. The standard InChI is InChI=1S/C20H21N3O5/c1-2-27-20(25)16-17(24)15(28-19(16)23-13-5-8-26-9-6-13)10-12-11-22-18-14(12)4-3-7-21-18/h3-4,7,10-11,13,16H,2,5-6,8-9H2,1H3,(H,21,22)/b15-10-,23-19?. The zero-order valence-corrected chi connectivity index (χ0v) is 15.5. The van der Waals surface area contributed by atoms with E-state index in [1.807, 2.05) is 12.1 Å². The largest absolute Gasteiger partial charge is 0.465 e. The lowest BCUT2D eigenvalue weighted by molar-refractivity contribution is -0.147. The molecule has 0 spiro atoms. The van der Waals surface area contributed by atoms with Gasteiger partial charge in [0.1, 0.15) is 5.65 Å². The first kappa shape index (κ1) is 18.4. The number of pyridine rings is 1. The molecule has 0 saturated carbocycles. The predicted octanol–water partition coefficient (Wildman–Crippen LogP) is 2.26. The number of aromatic nitrogens is 2. The maximum atomic E-state index is 12.9. The van der Waals surface area contributed by atoms with E-state index in [1.54, 1.807) is 25.4 Å². The Labute approximate surface area is 161 Å². The maximum absolute atomic E-state index is 12.9. The fourth-order valence-electron chi connectivity index (χ4n) is 3.34. The highest BCUT2D eigenvalue weighted by Gasteiger charge is 2.45. The molecule has 0 bridgehead atoms. The molecule has 4 heterocycles. The number of H-pyrrole nitrogens is 1. The third-order valence-electron chi connectivity index (χ3n) is 4.76. The number of carbonyl (C=O) groups is 2. The average Bonchev–Trinajstić information content (AvgIpc) is 3.24. The SMILES string of the molecule is CCOC(=O)C1C(=O)/C(=C/c2c[nH]c3ncccc23)OC1=NC1CCOCC1. The third-order valence-corrected chi connectivity index (χ3v) is 4.76. The van der Waals surface area contributed by atoms with Gasteiger partial charge >= 0.3 is 5.97 Å². The summed E-state index contributed by atoms with van der Waals surface area (Å²) in [5.41, 5.74) is 1.46. The normalized spacial score (nSPS) is 23.5. The molecule has 28 heavy (non-hydrogen) atoms. The molecular formula is C20H21N3O5. The number of hydrogen-bond donors (Lipinski definition) is 1. The summed E-state index contributed by atoms with van der Waals surface area (Å²) < 4.78 is 16.2. The number of nitrogens with zero attached hydrogens (tertiary/aromatic N) is 2. The van der Waals surface area contributed by atoms with Crippen LogP contribution in [0.5, 0.6) is 0 Å². The maximum Gasteiger partial charge on any atom is 0.326 e. The van der Waals surface area contributed by atoms with E-state index in [0.717, 1.165) is 23.8 Å². The molecule has 1 unspecified atom stereocenters. The quantitative estimate of drug-likeness (QED) is 0.494. The summed E-state index contributed by atoms with van der Waals surface area (Å²) in [5.74, 6) is -2.05. The van der Waals surface area contributed by atoms with Gasteiger partial charge in [0, 0.05) is 36.6 Å². The van der Waals surface area contributed by atoms with Crippen LogP contribution in [0.15, 0.2) is 35.3 Å². The molecule has 1 atom stereocenters. The van der Waals surface area contributed by atoms with Gasteiger partial charge in [-0.15, -0.1) is 0 Å². The van der Waals surface area contributed by atoms with E-state index in [0.29, 0.717) is 18.9 Å². The Morgan fingerprint density at radius 3 is 3.04 bits per heavy atom. The van der Waals surface area contributed by atoms with E-state index >= 15 is 0 Å². The van der Waals surface area contributed by atoms with Crippen LogP contribution in [0.1, 0.15) is 25.3 Å². The fourth-order valence-corrected chi connectivity index (χ4v) is 3.34. The molecule has 146 valence electrons. The van der Waals surface area contributed by atoms with Crippen LogP contribution in [0.3, 0.4) is 0 Å². The molecule has 2 saturated heterocycles. The molecule has 4 rings (SSSR count). The molecule has 8 nitrogen and oxygen atoms in total. The zero-order valence-electron chi connectivity index (χ0n) is 15.5. The van der Waals surface area contributed by atoms with E-state index < -0.39 is 17.7 Å². The van der Waals surface area contributed by atoms with Gasteiger partial charge in [-0.1, -0.05) is 0 Å². The smallest absolute Gasteiger partial charge is 0.326 e. The summed E-state index contributed by atoms with van der Waals surface area (Å²) in [5, 5.41) is 0.855. The first-order chi connectivity index (χ1) is 13.7. The summed E-state index contributed by atoms with van der Waals surface area (Å²) in [6.07, 6.45) is 6.49. The van der Waals surface area contributed by atoms with Gasteiger partial charge in [0.25, 0.3) is 0 Å². The molecular weight excluding hydrogens is 362 g/mol. The Morgan fingerprint density at radius 2 is 2.25 bits per heavy atom. The van der Waals surface area contributed by atoms with Gasteiger partial charge in [0.15, 0.2) is 11.7 Å². The molecule has 0 aromatic carbocycles. The van der Waals surface area contributed by atoms with Crippen LogP contribution in [-0.4, -0.2) is 53.5 Å². The van der Waals surface area contributed by atoms with Crippen molar-refractivity contribution in [3.63, 3.8) is 0 Å². The van der Waals surface area contributed by atoms with Crippen molar-refractivity contribution in [1.82, 2.24) is 9.97 Å². The van der Waals surface area contributed by atoms with Gasteiger partial charge in [-0.3, -0.25) is 14.6 Å². The summed E-state index contributed by atoms with van der Waals surface area (Å²) in [6, 6.07) is 3.67. The van der Waals surface area contributed by atoms with Crippen molar-refractivity contribution in [2.45, 2.75) is 25.8 Å². The molecule has 1 N–H and O–H groups in total. The number of Topliss-reactive ketones (excluding diaryl/α,β-unsaturated/α-hetero) is 1. The van der Waals surface area contributed by atoms with E-state index in [2.05, 4.69) is 15.0 Å². The minimum Gasteiger partial charge on any atom is -0.465 e. The number of nitrogens with one attached hydrogen (secondary N) is 1. The molecule has 2 aromatic heterocycles. The predicted molar refractivity (Wildman–Crippen MR) is 102 cm³/mol. The summed E-state index contributed by atoms with van der Waals surface area (Å²) in [4.78, 5) is 37.1. The van der Waals surface area contributed by atoms with Crippen molar-refractivity contribution in [3.8, 4) is 0 Å². The van der Waals surface area contributed by atoms with E-state index in [4.69, 9.17) is 14.2 Å². The lowest BCUT2D eigenvalue weighted by atomic mass is 10.0. The number of rotatable bonds is 4. The molecule has 0 aliphatic carbocycles. The number of allylic oxidation sites excluding steroid dienone is 1. The molecule has 2 aromatic rings. The molecule has 0 amide bonds. The molecule has 2 fully saturated rings. The summed E-state index contributed by atoms with van der Waals surface area (Å²) in [7, 11) is 0. The first-order valence-electron chi connectivity index (χ1n) is 9.35. The second-order valence-electron chi connectivity index (χ2n) is 6.61. The van der Waals surface area contributed by atoms with Gasteiger partial charge in [-0.2, -0.15) is 0 Å². The molecule has 8 heteroatoms. The summed E-state index contributed by atoms with van der Waals surface area (Å²) in [6.45, 7) is 3.08. The van der Waals surface area contributed by atoms with Crippen LogP contribution in [0.2, 0.25) is 0 Å². The van der Waals surface area contributed by atoms with Crippen LogP contribution in [0.25, 0.3) is 17.1 Å². The Bertz CT molecular complexity index is 956. The first-order valence-corrected chi connectivity index (χ1v) is 9.35. The topological polar surface area (TPSA) is 103 Å². The van der Waals surface area contributed by atoms with Gasteiger partial charge in [-0.05, 0) is 38.0 Å². The highest BCUT2D eigenvalue weighted by Crippen LogP contribution is 2.28. The molecule has 2 aliphatic heterocycles. The Kier molecular flexibility index (Phi) is 5.21. The summed E-state index contributed by atoms with van der Waals surface area (Å²) >= 11 is 0. The van der Waals surface area contributed by atoms with Gasteiger partial charge in [0.2, 0.25) is 11.7 Å². The number of aliphatic imine (C=N–C) groups is 1. The van der Waals surface area contributed by atoms with Gasteiger partial charge in [0.05, 0.1) is 12.6 Å². The van der Waals surface area contributed by atoms with E-state index in [9.17, 15) is 9.59 Å². The Balaban J connectivity index is 1.68. The Hall–Kier alpha value is -3.00. The minimum atomic E-state index is -1.16.